The van der Waals surface area contributed by atoms with Crippen LogP contribution in [0.2, 0.25) is 0 Å². The summed E-state index contributed by atoms with van der Waals surface area (Å²) in [6.45, 7) is -4.57. The Morgan fingerprint density at radius 3 is 1.43 bits per heavy atom. The summed E-state index contributed by atoms with van der Waals surface area (Å²) >= 11 is 2.27. The molecular formula is CH2BBrF3K. The van der Waals surface area contributed by atoms with Gasteiger partial charge < -0.3 is 12.9 Å². The molecule has 0 spiro atoms. The van der Waals surface area contributed by atoms with Crippen molar-refractivity contribution in [1.82, 2.24) is 0 Å². The Hall–Kier alpha value is 1.97. The average Bonchev–Trinajstić information content (AvgIpc) is 1.35. The Bertz CT molecular complexity index is 44.7. The first kappa shape index (κ1) is 11.7. The maximum absolute atomic E-state index is 10.8. The Kier molecular flexibility index (Phi) is 8.07. The van der Waals surface area contributed by atoms with E-state index in [1.54, 1.807) is 0 Å². The average molecular weight is 201 g/mol. The van der Waals surface area contributed by atoms with Crippen LogP contribution in [-0.4, -0.2) is 12.2 Å². The van der Waals surface area contributed by atoms with Crippen LogP contribution < -0.4 is 51.4 Å². The fourth-order valence-corrected chi connectivity index (χ4v) is 0. The third-order valence-electron chi connectivity index (χ3n) is 0.175. The second kappa shape index (κ2) is 4.81. The second-order valence-corrected chi connectivity index (χ2v) is 1.51. The van der Waals surface area contributed by atoms with E-state index in [1.807, 2.05) is 0 Å². The minimum atomic E-state index is -4.57. The van der Waals surface area contributed by atoms with Crippen molar-refractivity contribution in [3.8, 4) is 0 Å². The van der Waals surface area contributed by atoms with Crippen molar-refractivity contribution in [3.63, 3.8) is 0 Å². The predicted octanol–water partition coefficient (Wildman–Crippen LogP) is -1.23. The standard InChI is InChI=1S/CH2BBrF3.K/c3-1-2(4,5)6;/h1H2;/q-1;+1. The normalized spacial score (nSPS) is 10.3. The molecule has 0 aliphatic carbocycles. The molecule has 0 amide bonds. The Balaban J connectivity index is 0. The first-order chi connectivity index (χ1) is 2.56. The number of halogens is 4. The smallest absolute Gasteiger partial charge is 0.448 e. The first-order valence-electron chi connectivity index (χ1n) is 1.33. The summed E-state index contributed by atoms with van der Waals surface area (Å²) in [5.74, 6) is 0. The van der Waals surface area contributed by atoms with Crippen molar-refractivity contribution in [2.75, 3.05) is 5.23 Å². The van der Waals surface area contributed by atoms with Crippen molar-refractivity contribution in [2.24, 2.45) is 0 Å². The van der Waals surface area contributed by atoms with Gasteiger partial charge in [-0.05, 0) is 5.23 Å². The summed E-state index contributed by atoms with van der Waals surface area (Å²) in [4.78, 5) is 0. The van der Waals surface area contributed by atoms with Crippen LogP contribution >= 0.6 is 15.9 Å². The zero-order valence-corrected chi connectivity index (χ0v) is 8.51. The van der Waals surface area contributed by atoms with Crippen molar-refractivity contribution in [2.45, 2.75) is 0 Å². The molecule has 0 N–H and O–H groups in total. The maximum Gasteiger partial charge on any atom is 1.00 e. The van der Waals surface area contributed by atoms with Crippen molar-refractivity contribution >= 4 is 22.9 Å². The molecular weight excluding hydrogens is 199 g/mol. The van der Waals surface area contributed by atoms with Gasteiger partial charge in [0, 0.05) is 0 Å². The van der Waals surface area contributed by atoms with E-state index in [-0.39, 0.29) is 51.4 Å². The van der Waals surface area contributed by atoms with Gasteiger partial charge in [0.05, 0.1) is 0 Å². The van der Waals surface area contributed by atoms with Crippen LogP contribution in [0.1, 0.15) is 0 Å². The molecule has 0 nitrogen and oxygen atoms in total. The van der Waals surface area contributed by atoms with E-state index in [4.69, 9.17) is 0 Å². The number of hydrogen-bond donors (Lipinski definition) is 0. The third-order valence-corrected chi connectivity index (χ3v) is 0.909. The van der Waals surface area contributed by atoms with E-state index in [0.717, 1.165) is 0 Å². The number of rotatable bonds is 1. The molecule has 0 saturated carbocycles. The van der Waals surface area contributed by atoms with Gasteiger partial charge in [-0.2, -0.15) is 0 Å². The Labute approximate surface area is 90.8 Å². The SMILES string of the molecule is F[B-](F)(F)CBr.[K+]. The topological polar surface area (TPSA) is 0 Å². The molecule has 0 aliphatic rings. The second-order valence-electron chi connectivity index (χ2n) is 0.865. The quantitative estimate of drug-likeness (QED) is 0.368. The van der Waals surface area contributed by atoms with E-state index in [2.05, 4.69) is 15.9 Å². The molecule has 0 aromatic heterocycles. The van der Waals surface area contributed by atoms with E-state index < -0.39 is 12.2 Å². The van der Waals surface area contributed by atoms with E-state index in [9.17, 15) is 12.9 Å². The third kappa shape index (κ3) is 11.5. The minimum Gasteiger partial charge on any atom is -0.448 e. The van der Waals surface area contributed by atoms with Gasteiger partial charge in [-0.15, -0.1) is 15.9 Å². The van der Waals surface area contributed by atoms with Gasteiger partial charge in [-0.3, -0.25) is 0 Å². The van der Waals surface area contributed by atoms with E-state index in [1.165, 1.54) is 0 Å². The van der Waals surface area contributed by atoms with Gasteiger partial charge in [-0.25, -0.2) is 0 Å². The first-order valence-corrected chi connectivity index (χ1v) is 2.45. The summed E-state index contributed by atoms with van der Waals surface area (Å²) < 4.78 is 32.4. The fraction of sp³-hybridized carbons (Fsp3) is 1.00. The monoisotopic (exact) mass is 200 g/mol. The largest absolute Gasteiger partial charge is 1.00 e. The molecule has 0 aromatic carbocycles. The van der Waals surface area contributed by atoms with Crippen LogP contribution in [0.5, 0.6) is 0 Å². The molecule has 0 unspecified atom stereocenters. The molecule has 0 aromatic rings. The van der Waals surface area contributed by atoms with Crippen molar-refractivity contribution in [3.05, 3.63) is 0 Å². The van der Waals surface area contributed by atoms with Crippen LogP contribution in [0.3, 0.4) is 0 Å². The molecule has 7 heavy (non-hydrogen) atoms. The molecule has 0 radical (unpaired) electrons. The molecule has 0 saturated heterocycles. The minimum absolute atomic E-state index is 0. The summed E-state index contributed by atoms with van der Waals surface area (Å²) in [7, 11) is 0. The van der Waals surface area contributed by atoms with Gasteiger partial charge in [0.25, 0.3) is 0 Å². The predicted molar refractivity (Wildman–Crippen MR) is 22.9 cm³/mol. The molecule has 6 heteroatoms. The zero-order chi connectivity index (χ0) is 5.21. The summed E-state index contributed by atoms with van der Waals surface area (Å²) in [5, 5.41) is -0.854. The van der Waals surface area contributed by atoms with Gasteiger partial charge in [-0.1, -0.05) is 0 Å². The zero-order valence-electron chi connectivity index (χ0n) is 3.80. The Morgan fingerprint density at radius 1 is 1.29 bits per heavy atom. The van der Waals surface area contributed by atoms with Gasteiger partial charge in [0.2, 0.25) is 0 Å². The number of alkyl halides is 1. The van der Waals surface area contributed by atoms with Crippen molar-refractivity contribution in [1.29, 1.82) is 0 Å². The van der Waals surface area contributed by atoms with Crippen LogP contribution in [0, 0.1) is 0 Å². The van der Waals surface area contributed by atoms with E-state index >= 15 is 0 Å². The van der Waals surface area contributed by atoms with Crippen LogP contribution in [0.25, 0.3) is 0 Å². The van der Waals surface area contributed by atoms with Crippen LogP contribution in [-0.2, 0) is 0 Å². The fourth-order valence-electron chi connectivity index (χ4n) is 0. The van der Waals surface area contributed by atoms with Gasteiger partial charge in [0.15, 0.2) is 0 Å². The summed E-state index contributed by atoms with van der Waals surface area (Å²) in [6.07, 6.45) is 0. The Morgan fingerprint density at radius 2 is 1.43 bits per heavy atom. The van der Waals surface area contributed by atoms with E-state index in [0.29, 0.717) is 0 Å². The maximum atomic E-state index is 10.8. The van der Waals surface area contributed by atoms with Crippen LogP contribution in [0.4, 0.5) is 12.9 Å². The van der Waals surface area contributed by atoms with Gasteiger partial charge >= 0.3 is 58.4 Å². The number of hydrogen-bond acceptors (Lipinski definition) is 0. The van der Waals surface area contributed by atoms with Crippen LogP contribution in [0.15, 0.2) is 0 Å². The molecule has 38 valence electrons. The molecule has 0 heterocycles. The van der Waals surface area contributed by atoms with Gasteiger partial charge in [0.1, 0.15) is 0 Å². The van der Waals surface area contributed by atoms with Crippen molar-refractivity contribution < 1.29 is 64.3 Å². The molecule has 0 bridgehead atoms. The molecule has 0 atom stereocenters. The summed E-state index contributed by atoms with van der Waals surface area (Å²) in [5.41, 5.74) is 0. The molecule has 0 aliphatic heterocycles. The molecule has 0 rings (SSSR count). The summed E-state index contributed by atoms with van der Waals surface area (Å²) in [6, 6.07) is 0. The molecule has 0 fully saturated rings.